The summed E-state index contributed by atoms with van der Waals surface area (Å²) in [5.74, 6) is -1.35. The minimum atomic E-state index is -1.30. The number of ether oxygens (including phenoxy) is 3. The van der Waals surface area contributed by atoms with Crippen molar-refractivity contribution in [2.45, 2.75) is 58.5 Å². The van der Waals surface area contributed by atoms with Crippen molar-refractivity contribution in [3.05, 3.63) is 24.2 Å². The zero-order valence-corrected chi connectivity index (χ0v) is 17.7. The van der Waals surface area contributed by atoms with Gasteiger partial charge in [-0.05, 0) is 19.1 Å². The fourth-order valence-corrected chi connectivity index (χ4v) is 3.38. The van der Waals surface area contributed by atoms with Crippen LogP contribution in [0.2, 0.25) is 0 Å². The predicted octanol–water partition coefficient (Wildman–Crippen LogP) is 1.05. The van der Waals surface area contributed by atoms with Gasteiger partial charge in [0.15, 0.2) is 11.9 Å². The molecule has 3 rings (SSSR count). The van der Waals surface area contributed by atoms with Crippen molar-refractivity contribution in [3.8, 4) is 0 Å². The summed E-state index contributed by atoms with van der Waals surface area (Å²) >= 11 is 0. The number of esters is 2. The number of aliphatic hydroxyl groups is 1. The molecule has 1 fully saturated rings. The van der Waals surface area contributed by atoms with Crippen molar-refractivity contribution in [3.63, 3.8) is 0 Å². The third kappa shape index (κ3) is 3.84. The number of anilines is 1. The summed E-state index contributed by atoms with van der Waals surface area (Å²) in [7, 11) is 0. The second-order valence-electron chi connectivity index (χ2n) is 8.21. The summed E-state index contributed by atoms with van der Waals surface area (Å²) in [6, 6.07) is 3.43. The standard InChI is InChI=1S/C20H28N4O6/c1-10(2)18(26)28-8-13-15(29-19(27)11(3)4)16(25)20(5,30-13)14-7-6-12-17(21)22-9-23-24(12)14/h6-7,9-11,13,15-16,25H,8H2,1-5H3,(H2,21,22,23)/t13-,15-,16-,20+/m1/s1. The summed E-state index contributed by atoms with van der Waals surface area (Å²) in [4.78, 5) is 28.1. The second-order valence-corrected chi connectivity index (χ2v) is 8.21. The number of nitrogens with two attached hydrogens (primary N) is 1. The molecule has 10 nitrogen and oxygen atoms in total. The maximum absolute atomic E-state index is 12.3. The van der Waals surface area contributed by atoms with Crippen molar-refractivity contribution in [2.75, 3.05) is 12.3 Å². The molecule has 0 unspecified atom stereocenters. The van der Waals surface area contributed by atoms with Gasteiger partial charge >= 0.3 is 11.9 Å². The van der Waals surface area contributed by atoms with Crippen LogP contribution in [0.1, 0.15) is 40.3 Å². The largest absolute Gasteiger partial charge is 0.463 e. The molecule has 3 N–H and O–H groups in total. The predicted molar refractivity (Wildman–Crippen MR) is 106 cm³/mol. The number of rotatable bonds is 6. The summed E-state index contributed by atoms with van der Waals surface area (Å²) in [6.07, 6.45) is -1.83. The number of aromatic nitrogens is 3. The first-order valence-corrected chi connectivity index (χ1v) is 9.88. The molecular formula is C20H28N4O6. The molecule has 0 spiro atoms. The molecule has 0 radical (unpaired) electrons. The Morgan fingerprint density at radius 1 is 1.27 bits per heavy atom. The second kappa shape index (κ2) is 8.19. The molecule has 1 aliphatic rings. The summed E-state index contributed by atoms with van der Waals surface area (Å²) in [6.45, 7) is 8.31. The lowest BCUT2D eigenvalue weighted by atomic mass is 9.93. The van der Waals surface area contributed by atoms with E-state index in [1.807, 2.05) is 0 Å². The van der Waals surface area contributed by atoms with Crippen molar-refractivity contribution >= 4 is 23.3 Å². The SMILES string of the molecule is CC(C)C(=O)OC[C@H]1O[C@@](C)(c2ccc3c(N)ncnn23)[C@H](O)[C@@H]1OC(=O)C(C)C. The summed E-state index contributed by atoms with van der Waals surface area (Å²) in [5.41, 5.74) is 5.66. The summed E-state index contributed by atoms with van der Waals surface area (Å²) < 4.78 is 18.5. The Hall–Kier alpha value is -2.72. The Balaban J connectivity index is 1.95. The number of carbonyl (C=O) groups is 2. The molecule has 1 aliphatic heterocycles. The van der Waals surface area contributed by atoms with Crippen LogP contribution in [0.3, 0.4) is 0 Å². The molecule has 2 aromatic heterocycles. The molecule has 164 valence electrons. The van der Waals surface area contributed by atoms with Gasteiger partial charge in [-0.25, -0.2) is 9.50 Å². The summed E-state index contributed by atoms with van der Waals surface area (Å²) in [5, 5.41) is 15.4. The van der Waals surface area contributed by atoms with Crippen LogP contribution in [0, 0.1) is 11.8 Å². The number of hydrogen-bond acceptors (Lipinski definition) is 9. The van der Waals surface area contributed by atoms with E-state index in [4.69, 9.17) is 19.9 Å². The van der Waals surface area contributed by atoms with Gasteiger partial charge in [-0.2, -0.15) is 5.10 Å². The molecule has 2 aromatic rings. The first-order valence-electron chi connectivity index (χ1n) is 9.88. The molecule has 10 heteroatoms. The number of fused-ring (bicyclic) bond motifs is 1. The molecule has 30 heavy (non-hydrogen) atoms. The van der Waals surface area contributed by atoms with Crippen molar-refractivity contribution in [1.29, 1.82) is 0 Å². The van der Waals surface area contributed by atoms with Crippen LogP contribution in [0.4, 0.5) is 5.82 Å². The van der Waals surface area contributed by atoms with E-state index in [2.05, 4.69) is 10.1 Å². The number of carbonyl (C=O) groups excluding carboxylic acids is 2. The van der Waals surface area contributed by atoms with E-state index in [0.717, 1.165) is 0 Å². The lowest BCUT2D eigenvalue weighted by molar-refractivity contribution is -0.164. The normalized spacial score (nSPS) is 26.5. The van der Waals surface area contributed by atoms with Crippen molar-refractivity contribution in [2.24, 2.45) is 11.8 Å². The minimum Gasteiger partial charge on any atom is -0.463 e. The van der Waals surface area contributed by atoms with Crippen LogP contribution in [0.5, 0.6) is 0 Å². The van der Waals surface area contributed by atoms with Crippen LogP contribution in [-0.2, 0) is 29.4 Å². The van der Waals surface area contributed by atoms with Gasteiger partial charge in [-0.3, -0.25) is 9.59 Å². The Labute approximate surface area is 174 Å². The third-order valence-electron chi connectivity index (χ3n) is 5.21. The Morgan fingerprint density at radius 3 is 2.57 bits per heavy atom. The number of nitrogens with zero attached hydrogens (tertiary/aromatic N) is 3. The van der Waals surface area contributed by atoms with Gasteiger partial charge in [-0.1, -0.05) is 27.7 Å². The molecule has 0 bridgehead atoms. The van der Waals surface area contributed by atoms with Gasteiger partial charge in [-0.15, -0.1) is 0 Å². The molecule has 0 saturated carbocycles. The maximum atomic E-state index is 12.3. The first kappa shape index (κ1) is 22.0. The highest BCUT2D eigenvalue weighted by Gasteiger charge is 2.56. The van der Waals surface area contributed by atoms with Gasteiger partial charge < -0.3 is 25.1 Å². The number of aliphatic hydroxyl groups excluding tert-OH is 1. The maximum Gasteiger partial charge on any atom is 0.308 e. The van der Waals surface area contributed by atoms with Crippen molar-refractivity contribution in [1.82, 2.24) is 14.6 Å². The van der Waals surface area contributed by atoms with Gasteiger partial charge in [0, 0.05) is 0 Å². The molecule has 0 amide bonds. The Morgan fingerprint density at radius 2 is 1.93 bits per heavy atom. The van der Waals surface area contributed by atoms with E-state index in [0.29, 0.717) is 11.2 Å². The quantitative estimate of drug-likeness (QED) is 0.657. The Kier molecular flexibility index (Phi) is 6.00. The smallest absolute Gasteiger partial charge is 0.308 e. The third-order valence-corrected chi connectivity index (χ3v) is 5.21. The molecule has 0 aromatic carbocycles. The zero-order chi connectivity index (χ0) is 22.2. The van der Waals surface area contributed by atoms with E-state index in [1.165, 1.54) is 10.8 Å². The monoisotopic (exact) mass is 420 g/mol. The minimum absolute atomic E-state index is 0.167. The van der Waals surface area contributed by atoms with Crippen LogP contribution >= 0.6 is 0 Å². The average molecular weight is 420 g/mol. The van der Waals surface area contributed by atoms with E-state index in [1.54, 1.807) is 46.8 Å². The highest BCUT2D eigenvalue weighted by molar-refractivity contribution is 5.72. The number of nitrogen functional groups attached to an aromatic ring is 1. The fraction of sp³-hybridized carbons (Fsp3) is 0.600. The number of hydrogen-bond donors (Lipinski definition) is 2. The molecule has 3 heterocycles. The van der Waals surface area contributed by atoms with Crippen LogP contribution < -0.4 is 5.73 Å². The van der Waals surface area contributed by atoms with Crippen LogP contribution in [0.25, 0.3) is 5.52 Å². The average Bonchev–Trinajstić information content (AvgIpc) is 3.22. The van der Waals surface area contributed by atoms with E-state index in [9.17, 15) is 14.7 Å². The van der Waals surface area contributed by atoms with Crippen molar-refractivity contribution < 1.29 is 28.9 Å². The van der Waals surface area contributed by atoms with Gasteiger partial charge in [0.2, 0.25) is 0 Å². The fourth-order valence-electron chi connectivity index (χ4n) is 3.38. The topological polar surface area (TPSA) is 138 Å². The van der Waals surface area contributed by atoms with E-state index in [-0.39, 0.29) is 18.3 Å². The molecular weight excluding hydrogens is 392 g/mol. The lowest BCUT2D eigenvalue weighted by Crippen LogP contribution is -2.43. The zero-order valence-electron chi connectivity index (χ0n) is 17.7. The van der Waals surface area contributed by atoms with E-state index >= 15 is 0 Å². The first-order chi connectivity index (χ1) is 14.1. The van der Waals surface area contributed by atoms with Gasteiger partial charge in [0.1, 0.15) is 36.3 Å². The van der Waals surface area contributed by atoms with Crippen LogP contribution in [0.15, 0.2) is 18.5 Å². The molecule has 4 atom stereocenters. The molecule has 1 saturated heterocycles. The lowest BCUT2D eigenvalue weighted by Gasteiger charge is -2.27. The highest BCUT2D eigenvalue weighted by Crippen LogP contribution is 2.42. The molecule has 0 aliphatic carbocycles. The van der Waals surface area contributed by atoms with E-state index < -0.39 is 41.8 Å². The highest BCUT2D eigenvalue weighted by atomic mass is 16.6. The van der Waals surface area contributed by atoms with Crippen LogP contribution in [-0.4, -0.2) is 56.6 Å². The Bertz CT molecular complexity index is 943. The van der Waals surface area contributed by atoms with Gasteiger partial charge in [0.05, 0.1) is 17.5 Å². The van der Waals surface area contributed by atoms with Gasteiger partial charge in [0.25, 0.3) is 0 Å².